The molecule has 0 heterocycles. The molecule has 0 amide bonds. The van der Waals surface area contributed by atoms with Gasteiger partial charge in [-0.1, -0.05) is 32.9 Å². The second-order valence-electron chi connectivity index (χ2n) is 6.79. The van der Waals surface area contributed by atoms with Crippen molar-refractivity contribution in [3.05, 3.63) is 35.6 Å². The molecule has 1 aromatic carbocycles. The summed E-state index contributed by atoms with van der Waals surface area (Å²) >= 11 is 0. The van der Waals surface area contributed by atoms with Crippen LogP contribution in [0.1, 0.15) is 46.2 Å². The van der Waals surface area contributed by atoms with Crippen LogP contribution in [0.15, 0.2) is 24.3 Å². The van der Waals surface area contributed by atoms with E-state index in [9.17, 15) is 9.50 Å². The summed E-state index contributed by atoms with van der Waals surface area (Å²) in [4.78, 5) is 0. The van der Waals surface area contributed by atoms with E-state index in [-0.39, 0.29) is 23.4 Å². The van der Waals surface area contributed by atoms with Crippen molar-refractivity contribution in [2.24, 2.45) is 5.41 Å². The second-order valence-corrected chi connectivity index (χ2v) is 6.79. The van der Waals surface area contributed by atoms with Gasteiger partial charge in [-0.25, -0.2) is 4.39 Å². The molecule has 0 bridgehead atoms. The number of nitrogens with one attached hydrogen (secondary N) is 1. The van der Waals surface area contributed by atoms with Gasteiger partial charge in [-0.05, 0) is 37.0 Å². The molecule has 0 spiro atoms. The molecule has 0 aliphatic heterocycles. The summed E-state index contributed by atoms with van der Waals surface area (Å²) in [7, 11) is 0. The zero-order valence-electron chi connectivity index (χ0n) is 13.7. The van der Waals surface area contributed by atoms with Gasteiger partial charge >= 0.3 is 0 Å². The van der Waals surface area contributed by atoms with Crippen LogP contribution in [0.2, 0.25) is 0 Å². The Labute approximate surface area is 127 Å². The maximum Gasteiger partial charge on any atom is 0.123 e. The van der Waals surface area contributed by atoms with Gasteiger partial charge in [-0.3, -0.25) is 0 Å². The lowest BCUT2D eigenvalue weighted by atomic mass is 9.82. The predicted octanol–water partition coefficient (Wildman–Crippen LogP) is 3.29. The molecule has 2 atom stereocenters. The molecule has 0 saturated heterocycles. The Morgan fingerprint density at radius 2 is 1.76 bits per heavy atom. The van der Waals surface area contributed by atoms with E-state index in [1.807, 2.05) is 13.8 Å². The molecule has 1 rings (SSSR count). The van der Waals surface area contributed by atoms with E-state index in [0.717, 1.165) is 5.56 Å². The number of hydrogen-bond donors (Lipinski definition) is 2. The highest BCUT2D eigenvalue weighted by Crippen LogP contribution is 2.32. The maximum absolute atomic E-state index is 13.1. The van der Waals surface area contributed by atoms with Crippen molar-refractivity contribution < 1.29 is 14.2 Å². The van der Waals surface area contributed by atoms with E-state index in [2.05, 4.69) is 26.1 Å². The van der Waals surface area contributed by atoms with Gasteiger partial charge in [0.25, 0.3) is 0 Å². The number of rotatable bonds is 7. The quantitative estimate of drug-likeness (QED) is 0.811. The van der Waals surface area contributed by atoms with Crippen molar-refractivity contribution in [1.82, 2.24) is 5.32 Å². The van der Waals surface area contributed by atoms with Crippen molar-refractivity contribution in [2.45, 2.75) is 52.9 Å². The van der Waals surface area contributed by atoms with Crippen LogP contribution in [0.4, 0.5) is 4.39 Å². The highest BCUT2D eigenvalue weighted by atomic mass is 19.1. The van der Waals surface area contributed by atoms with Gasteiger partial charge in [0.1, 0.15) is 5.82 Å². The van der Waals surface area contributed by atoms with Crippen LogP contribution >= 0.6 is 0 Å². The van der Waals surface area contributed by atoms with E-state index in [1.165, 1.54) is 12.1 Å². The topological polar surface area (TPSA) is 41.5 Å². The molecule has 1 aromatic rings. The van der Waals surface area contributed by atoms with Crippen LogP contribution in [0, 0.1) is 11.2 Å². The highest BCUT2D eigenvalue weighted by molar-refractivity contribution is 5.21. The van der Waals surface area contributed by atoms with Crippen LogP contribution in [0.3, 0.4) is 0 Å². The molecule has 120 valence electrons. The largest absolute Gasteiger partial charge is 0.389 e. The molecule has 0 saturated carbocycles. The normalized spacial score (nSPS) is 15.2. The Balaban J connectivity index is 2.66. The van der Waals surface area contributed by atoms with Gasteiger partial charge < -0.3 is 15.2 Å². The average molecular weight is 297 g/mol. The van der Waals surface area contributed by atoms with Crippen LogP contribution in [0.5, 0.6) is 0 Å². The van der Waals surface area contributed by atoms with Gasteiger partial charge in [0.15, 0.2) is 0 Å². The molecule has 3 nitrogen and oxygen atoms in total. The first kappa shape index (κ1) is 18.1. The van der Waals surface area contributed by atoms with Crippen molar-refractivity contribution in [1.29, 1.82) is 0 Å². The lowest BCUT2D eigenvalue weighted by molar-refractivity contribution is 0.00390. The van der Waals surface area contributed by atoms with E-state index in [0.29, 0.717) is 13.2 Å². The maximum atomic E-state index is 13.1. The first-order valence-electron chi connectivity index (χ1n) is 7.48. The van der Waals surface area contributed by atoms with E-state index in [4.69, 9.17) is 4.74 Å². The number of hydrogen-bond acceptors (Lipinski definition) is 3. The molecular formula is C17H28FNO2. The Bertz CT molecular complexity index is 412. The van der Waals surface area contributed by atoms with Crippen LogP contribution < -0.4 is 5.32 Å². The van der Waals surface area contributed by atoms with E-state index < -0.39 is 6.10 Å². The standard InChI is InChI=1S/C17H28FNO2/c1-12(2)21-11-15(20)10-19-16(17(3,4)5)13-6-8-14(18)9-7-13/h6-9,12,15-16,19-20H,10-11H2,1-5H3. The van der Waals surface area contributed by atoms with Crippen molar-refractivity contribution in [2.75, 3.05) is 13.2 Å². The fourth-order valence-electron chi connectivity index (χ4n) is 2.20. The summed E-state index contributed by atoms with van der Waals surface area (Å²) in [5.41, 5.74) is 0.970. The Kier molecular flexibility index (Phi) is 6.78. The minimum atomic E-state index is -0.558. The Hall–Kier alpha value is -0.970. The third kappa shape index (κ3) is 6.55. The lowest BCUT2D eigenvalue weighted by Crippen LogP contribution is -2.38. The average Bonchev–Trinajstić information content (AvgIpc) is 2.37. The van der Waals surface area contributed by atoms with E-state index in [1.54, 1.807) is 12.1 Å². The van der Waals surface area contributed by atoms with Crippen LogP contribution in [-0.4, -0.2) is 30.5 Å². The number of aliphatic hydroxyl groups is 1. The van der Waals surface area contributed by atoms with Gasteiger partial charge in [0.2, 0.25) is 0 Å². The number of aliphatic hydroxyl groups excluding tert-OH is 1. The van der Waals surface area contributed by atoms with Crippen molar-refractivity contribution in [3.8, 4) is 0 Å². The fraction of sp³-hybridized carbons (Fsp3) is 0.647. The van der Waals surface area contributed by atoms with Crippen molar-refractivity contribution >= 4 is 0 Å². The number of ether oxygens (including phenoxy) is 1. The fourth-order valence-corrected chi connectivity index (χ4v) is 2.20. The first-order valence-corrected chi connectivity index (χ1v) is 7.48. The zero-order valence-corrected chi connectivity index (χ0v) is 13.7. The minimum Gasteiger partial charge on any atom is -0.389 e. The summed E-state index contributed by atoms with van der Waals surface area (Å²) in [6.07, 6.45) is -0.451. The molecule has 2 unspecified atom stereocenters. The van der Waals surface area contributed by atoms with Crippen molar-refractivity contribution in [3.63, 3.8) is 0 Å². The molecule has 4 heteroatoms. The molecule has 0 aromatic heterocycles. The lowest BCUT2D eigenvalue weighted by Gasteiger charge is -2.33. The minimum absolute atomic E-state index is 0.0341. The Morgan fingerprint density at radius 1 is 1.19 bits per heavy atom. The third-order valence-corrected chi connectivity index (χ3v) is 3.25. The molecule has 2 N–H and O–H groups in total. The summed E-state index contributed by atoms with van der Waals surface area (Å²) in [5.74, 6) is -0.239. The summed E-state index contributed by atoms with van der Waals surface area (Å²) in [5, 5.41) is 13.3. The van der Waals surface area contributed by atoms with Gasteiger partial charge in [-0.2, -0.15) is 0 Å². The predicted molar refractivity (Wildman–Crippen MR) is 83.7 cm³/mol. The molecule has 21 heavy (non-hydrogen) atoms. The number of halogens is 1. The molecule has 0 fully saturated rings. The first-order chi connectivity index (χ1) is 9.70. The van der Waals surface area contributed by atoms with Gasteiger partial charge in [-0.15, -0.1) is 0 Å². The second kappa shape index (κ2) is 7.87. The molecule has 0 aliphatic carbocycles. The SMILES string of the molecule is CC(C)OCC(O)CNC(c1ccc(F)cc1)C(C)(C)C. The monoisotopic (exact) mass is 297 g/mol. The van der Waals surface area contributed by atoms with Gasteiger partial charge in [0, 0.05) is 12.6 Å². The summed E-state index contributed by atoms with van der Waals surface area (Å²) in [6.45, 7) is 11.0. The van der Waals surface area contributed by atoms with Crippen LogP contribution in [-0.2, 0) is 4.74 Å². The highest BCUT2D eigenvalue weighted by Gasteiger charge is 2.26. The van der Waals surface area contributed by atoms with Gasteiger partial charge in [0.05, 0.1) is 18.8 Å². The smallest absolute Gasteiger partial charge is 0.123 e. The van der Waals surface area contributed by atoms with E-state index >= 15 is 0 Å². The zero-order chi connectivity index (χ0) is 16.0. The molecular weight excluding hydrogens is 269 g/mol. The summed E-state index contributed by atoms with van der Waals surface area (Å²) < 4.78 is 18.5. The van der Waals surface area contributed by atoms with Crippen LogP contribution in [0.25, 0.3) is 0 Å². The number of benzene rings is 1. The summed E-state index contributed by atoms with van der Waals surface area (Å²) in [6, 6.07) is 6.54. The molecule has 0 aliphatic rings. The third-order valence-electron chi connectivity index (χ3n) is 3.25. The Morgan fingerprint density at radius 3 is 2.24 bits per heavy atom. The molecule has 0 radical (unpaired) electrons.